The molecule has 2 aromatic rings. The number of benzene rings is 1. The van der Waals surface area contributed by atoms with Crippen LogP contribution >= 0.6 is 23.8 Å². The zero-order valence-electron chi connectivity index (χ0n) is 10.5. The summed E-state index contributed by atoms with van der Waals surface area (Å²) < 4.78 is 0. The molecule has 2 rings (SSSR count). The fourth-order valence-corrected chi connectivity index (χ4v) is 2.63. The molecule has 4 heteroatoms. The van der Waals surface area contributed by atoms with Crippen molar-refractivity contribution in [1.29, 1.82) is 0 Å². The molecule has 0 aliphatic carbocycles. The number of hydrogen-bond donors (Lipinski definition) is 0. The predicted molar refractivity (Wildman–Crippen MR) is 81.4 cm³/mol. The van der Waals surface area contributed by atoms with Gasteiger partial charge in [-0.15, -0.1) is 0 Å². The van der Waals surface area contributed by atoms with Crippen LogP contribution < -0.4 is 0 Å². The molecule has 0 spiro atoms. The third-order valence-corrected chi connectivity index (χ3v) is 3.64. The van der Waals surface area contributed by atoms with Crippen molar-refractivity contribution in [2.75, 3.05) is 13.1 Å². The lowest BCUT2D eigenvalue weighted by Gasteiger charge is -2.22. The zero-order chi connectivity index (χ0) is 13.1. The fourth-order valence-electron chi connectivity index (χ4n) is 2.00. The maximum Gasteiger partial charge on any atom is 0.130 e. The van der Waals surface area contributed by atoms with Crippen molar-refractivity contribution >= 4 is 39.7 Å². The van der Waals surface area contributed by atoms with Crippen LogP contribution in [-0.4, -0.2) is 28.0 Å². The average Bonchev–Trinajstić information content (AvgIpc) is 2.39. The van der Waals surface area contributed by atoms with E-state index in [9.17, 15) is 0 Å². The molecular formula is C14H15ClN2S. The molecule has 0 aliphatic heterocycles. The van der Waals surface area contributed by atoms with Crippen molar-refractivity contribution < 1.29 is 0 Å². The molecule has 0 aliphatic rings. The molecule has 0 bridgehead atoms. The van der Waals surface area contributed by atoms with E-state index in [0.717, 1.165) is 34.5 Å². The van der Waals surface area contributed by atoms with Gasteiger partial charge in [0.2, 0.25) is 0 Å². The second kappa shape index (κ2) is 5.63. The van der Waals surface area contributed by atoms with Crippen molar-refractivity contribution in [3.8, 4) is 0 Å². The lowest BCUT2D eigenvalue weighted by molar-refractivity contribution is 0.475. The van der Waals surface area contributed by atoms with Crippen molar-refractivity contribution in [2.24, 2.45) is 0 Å². The standard InChI is InChI=1S/C14H15ClN2S/c1-3-17(4-2)14(18)11-9-13(15)16-12-8-6-5-7-10(11)12/h5-9H,3-4H2,1-2H3. The number of pyridine rings is 1. The number of hydrogen-bond acceptors (Lipinski definition) is 2. The maximum atomic E-state index is 6.07. The van der Waals surface area contributed by atoms with Crippen molar-refractivity contribution in [2.45, 2.75) is 13.8 Å². The first-order valence-corrected chi connectivity index (χ1v) is 6.80. The summed E-state index contributed by atoms with van der Waals surface area (Å²) >= 11 is 11.6. The SMILES string of the molecule is CCN(CC)C(=S)c1cc(Cl)nc2ccccc12. The Morgan fingerprint density at radius 3 is 2.61 bits per heavy atom. The first-order valence-electron chi connectivity index (χ1n) is 6.02. The summed E-state index contributed by atoms with van der Waals surface area (Å²) in [7, 11) is 0. The summed E-state index contributed by atoms with van der Waals surface area (Å²) in [5, 5.41) is 1.54. The Balaban J connectivity index is 2.59. The average molecular weight is 279 g/mol. The first-order chi connectivity index (χ1) is 8.67. The van der Waals surface area contributed by atoms with Gasteiger partial charge in [-0.1, -0.05) is 42.0 Å². The molecule has 0 fully saturated rings. The minimum atomic E-state index is 0.484. The number of nitrogens with zero attached hydrogens (tertiary/aromatic N) is 2. The highest BCUT2D eigenvalue weighted by Crippen LogP contribution is 2.22. The largest absolute Gasteiger partial charge is 0.363 e. The topological polar surface area (TPSA) is 16.1 Å². The molecule has 0 saturated heterocycles. The van der Waals surface area contributed by atoms with E-state index in [1.165, 1.54) is 0 Å². The molecule has 1 aromatic heterocycles. The predicted octanol–water partition coefficient (Wildman–Crippen LogP) is 3.91. The third-order valence-electron chi connectivity index (χ3n) is 2.97. The normalized spacial score (nSPS) is 10.6. The Morgan fingerprint density at radius 2 is 1.94 bits per heavy atom. The molecule has 0 saturated carbocycles. The smallest absolute Gasteiger partial charge is 0.130 e. The van der Waals surface area contributed by atoms with E-state index in [2.05, 4.69) is 23.7 Å². The van der Waals surface area contributed by atoms with Crippen LogP contribution in [0.4, 0.5) is 0 Å². The van der Waals surface area contributed by atoms with Crippen LogP contribution in [0.2, 0.25) is 5.15 Å². The van der Waals surface area contributed by atoms with E-state index in [1.54, 1.807) is 0 Å². The van der Waals surface area contributed by atoms with E-state index in [4.69, 9.17) is 23.8 Å². The van der Waals surface area contributed by atoms with Crippen LogP contribution in [0.1, 0.15) is 19.4 Å². The number of para-hydroxylation sites is 1. The highest BCUT2D eigenvalue weighted by Gasteiger charge is 2.13. The van der Waals surface area contributed by atoms with Gasteiger partial charge in [0.15, 0.2) is 0 Å². The van der Waals surface area contributed by atoms with Gasteiger partial charge in [0.05, 0.1) is 5.52 Å². The summed E-state index contributed by atoms with van der Waals surface area (Å²) in [6, 6.07) is 9.78. The second-order valence-corrected chi connectivity index (χ2v) is 4.76. The van der Waals surface area contributed by atoms with Crippen LogP contribution in [0.5, 0.6) is 0 Å². The minimum absolute atomic E-state index is 0.484. The van der Waals surface area contributed by atoms with Gasteiger partial charge in [0.1, 0.15) is 10.1 Å². The summed E-state index contributed by atoms with van der Waals surface area (Å²) in [5.41, 5.74) is 1.87. The molecule has 1 heterocycles. The highest BCUT2D eigenvalue weighted by atomic mass is 35.5. The highest BCUT2D eigenvalue weighted by molar-refractivity contribution is 7.80. The minimum Gasteiger partial charge on any atom is -0.363 e. The summed E-state index contributed by atoms with van der Waals surface area (Å²) in [5.74, 6) is 0. The molecule has 1 aromatic carbocycles. The molecule has 0 unspecified atom stereocenters. The number of rotatable bonds is 3. The Hall–Kier alpha value is -1.19. The van der Waals surface area contributed by atoms with Crippen LogP contribution in [0, 0.1) is 0 Å². The van der Waals surface area contributed by atoms with Gasteiger partial charge >= 0.3 is 0 Å². The third kappa shape index (κ3) is 2.47. The van der Waals surface area contributed by atoms with E-state index in [-0.39, 0.29) is 0 Å². The number of aromatic nitrogens is 1. The van der Waals surface area contributed by atoms with Crippen molar-refractivity contribution in [1.82, 2.24) is 9.88 Å². The van der Waals surface area contributed by atoms with Crippen molar-refractivity contribution in [3.05, 3.63) is 41.0 Å². The monoisotopic (exact) mass is 278 g/mol. The van der Waals surface area contributed by atoms with E-state index < -0.39 is 0 Å². The van der Waals surface area contributed by atoms with E-state index in [1.807, 2.05) is 30.3 Å². The lowest BCUT2D eigenvalue weighted by Crippen LogP contribution is -2.29. The van der Waals surface area contributed by atoms with Gasteiger partial charge in [0, 0.05) is 24.0 Å². The quantitative estimate of drug-likeness (QED) is 0.626. The zero-order valence-corrected chi connectivity index (χ0v) is 12.1. The fraction of sp³-hybridized carbons (Fsp3) is 0.286. The molecular weight excluding hydrogens is 264 g/mol. The van der Waals surface area contributed by atoms with Gasteiger partial charge in [-0.05, 0) is 26.0 Å². The molecule has 18 heavy (non-hydrogen) atoms. The van der Waals surface area contributed by atoms with Gasteiger partial charge in [-0.2, -0.15) is 0 Å². The Morgan fingerprint density at radius 1 is 1.28 bits per heavy atom. The van der Waals surface area contributed by atoms with Gasteiger partial charge < -0.3 is 4.90 Å². The number of halogens is 1. The summed E-state index contributed by atoms with van der Waals surface area (Å²) in [4.78, 5) is 7.30. The molecule has 0 radical (unpaired) electrons. The molecule has 0 N–H and O–H groups in total. The molecule has 2 nitrogen and oxygen atoms in total. The molecule has 0 atom stereocenters. The number of fused-ring (bicyclic) bond motifs is 1. The summed E-state index contributed by atoms with van der Waals surface area (Å²) in [6.45, 7) is 5.98. The van der Waals surface area contributed by atoms with E-state index >= 15 is 0 Å². The second-order valence-electron chi connectivity index (χ2n) is 3.99. The maximum absolute atomic E-state index is 6.07. The summed E-state index contributed by atoms with van der Waals surface area (Å²) in [6.07, 6.45) is 0. The first kappa shape index (κ1) is 13.2. The number of thiocarbonyl (C=S) groups is 1. The van der Waals surface area contributed by atoms with E-state index in [0.29, 0.717) is 5.15 Å². The van der Waals surface area contributed by atoms with Gasteiger partial charge in [-0.3, -0.25) is 0 Å². The lowest BCUT2D eigenvalue weighted by atomic mass is 10.1. The van der Waals surface area contributed by atoms with Crippen LogP contribution in [0.3, 0.4) is 0 Å². The van der Waals surface area contributed by atoms with Crippen LogP contribution in [0.25, 0.3) is 10.9 Å². The Kier molecular flexibility index (Phi) is 4.15. The Bertz CT molecular complexity index is 579. The Labute approximate surface area is 118 Å². The van der Waals surface area contributed by atoms with Crippen LogP contribution in [0.15, 0.2) is 30.3 Å². The van der Waals surface area contributed by atoms with Crippen molar-refractivity contribution in [3.63, 3.8) is 0 Å². The molecule has 94 valence electrons. The van der Waals surface area contributed by atoms with Gasteiger partial charge in [-0.25, -0.2) is 4.98 Å². The van der Waals surface area contributed by atoms with Gasteiger partial charge in [0.25, 0.3) is 0 Å². The van der Waals surface area contributed by atoms with Crippen LogP contribution in [-0.2, 0) is 0 Å². The molecule has 0 amide bonds.